The maximum atomic E-state index is 14.7. The normalized spacial score (nSPS) is 23.7. The van der Waals surface area contributed by atoms with Gasteiger partial charge in [-0.25, -0.2) is 4.39 Å². The van der Waals surface area contributed by atoms with Crippen LogP contribution in [-0.2, 0) is 11.8 Å². The van der Waals surface area contributed by atoms with E-state index in [0.29, 0.717) is 6.42 Å². The fourth-order valence-electron chi connectivity index (χ4n) is 7.37. The zero-order chi connectivity index (χ0) is 26.4. The quantitative estimate of drug-likeness (QED) is 0.231. The van der Waals surface area contributed by atoms with E-state index in [1.807, 2.05) is 6.07 Å². The van der Waals surface area contributed by atoms with Crippen LogP contribution in [0.15, 0.2) is 72.3 Å². The van der Waals surface area contributed by atoms with E-state index < -0.39 is 0 Å². The average Bonchev–Trinajstić information content (AvgIpc) is 3.72. The molecule has 0 atom stereocenters. The predicted octanol–water partition coefficient (Wildman–Crippen LogP) is 9.18. The molecule has 2 heteroatoms. The molecule has 2 saturated carbocycles. The fraction of sp³-hybridized carbons (Fsp3) is 0.378. The topological polar surface area (TPSA) is 0 Å². The Kier molecular flexibility index (Phi) is 6.68. The van der Waals surface area contributed by atoms with Crippen molar-refractivity contribution in [3.8, 4) is 0 Å². The Morgan fingerprint density at radius 2 is 1.62 bits per heavy atom. The van der Waals surface area contributed by atoms with Gasteiger partial charge in [-0.05, 0) is 95.2 Å². The van der Waals surface area contributed by atoms with Crippen molar-refractivity contribution in [2.24, 2.45) is 5.92 Å². The molecule has 0 amide bonds. The summed E-state index contributed by atoms with van der Waals surface area (Å²) in [5.74, 6) is 1.56. The van der Waals surface area contributed by atoms with Crippen molar-refractivity contribution in [1.82, 2.24) is 0 Å². The summed E-state index contributed by atoms with van der Waals surface area (Å²) in [4.78, 5) is 1.32. The summed E-state index contributed by atoms with van der Waals surface area (Å²) in [6.45, 7) is 2.42. The van der Waals surface area contributed by atoms with Crippen LogP contribution in [0, 0.1) is 16.7 Å². The molecule has 1 heterocycles. The number of halogens is 1. The molecule has 0 bridgehead atoms. The standard InChI is InChI=1S/C37H38FP/c1-25-6-2-8-26(9-3-7-25)27-14-17-30(18-15-27)37(22-23-37)29-11-4-10-28-16-21-36-32(31(28)20-19-29)24-33-34(38)12-5-13-35(33)39-36/h5,10-21,25-26H,2-4,6-9,22-24H2,1H3. The average molecular weight is 533 g/mol. The lowest BCUT2D eigenvalue weighted by Gasteiger charge is -2.24. The number of allylic oxidation sites excluding steroid dienone is 3. The van der Waals surface area contributed by atoms with E-state index in [1.54, 1.807) is 11.6 Å². The molecule has 0 radical (unpaired) electrons. The Morgan fingerprint density at radius 1 is 0.821 bits per heavy atom. The fourth-order valence-corrected chi connectivity index (χ4v) is 8.59. The van der Waals surface area contributed by atoms with Crippen LogP contribution in [0.3, 0.4) is 0 Å². The van der Waals surface area contributed by atoms with E-state index in [4.69, 9.17) is 0 Å². The molecule has 39 heavy (non-hydrogen) atoms. The van der Waals surface area contributed by atoms with Gasteiger partial charge in [0.25, 0.3) is 0 Å². The first-order chi connectivity index (χ1) is 19.1. The van der Waals surface area contributed by atoms with Gasteiger partial charge in [-0.1, -0.05) is 102 Å². The molecule has 3 aliphatic carbocycles. The molecule has 1 aliphatic heterocycles. The molecule has 2 fully saturated rings. The maximum Gasteiger partial charge on any atom is 0.127 e. The van der Waals surface area contributed by atoms with Gasteiger partial charge in [0, 0.05) is 27.6 Å². The third kappa shape index (κ3) is 4.78. The van der Waals surface area contributed by atoms with E-state index in [9.17, 15) is 4.39 Å². The summed E-state index contributed by atoms with van der Waals surface area (Å²) in [6.07, 6.45) is 21.8. The van der Waals surface area contributed by atoms with Gasteiger partial charge in [-0.15, -0.1) is 0 Å². The van der Waals surface area contributed by atoms with Crippen LogP contribution in [0.5, 0.6) is 0 Å². The molecule has 4 aliphatic rings. The Balaban J connectivity index is 1.17. The summed E-state index contributed by atoms with van der Waals surface area (Å²) in [5.41, 5.74) is 8.08. The Labute approximate surface area is 234 Å². The predicted molar refractivity (Wildman–Crippen MR) is 164 cm³/mol. The number of hydrogen-bond donors (Lipinski definition) is 0. The number of fused-ring (bicyclic) bond motifs is 4. The van der Waals surface area contributed by atoms with E-state index in [-0.39, 0.29) is 11.2 Å². The van der Waals surface area contributed by atoms with Crippen LogP contribution < -0.4 is 10.5 Å². The van der Waals surface area contributed by atoms with Crippen molar-refractivity contribution in [2.45, 2.75) is 82.5 Å². The molecule has 198 valence electrons. The largest absolute Gasteiger partial charge is 0.207 e. The Morgan fingerprint density at radius 3 is 2.38 bits per heavy atom. The van der Waals surface area contributed by atoms with Gasteiger partial charge in [-0.3, -0.25) is 0 Å². The molecule has 0 aromatic heterocycles. The minimum Gasteiger partial charge on any atom is -0.207 e. The maximum absolute atomic E-state index is 14.7. The van der Waals surface area contributed by atoms with Gasteiger partial charge in [0.05, 0.1) is 0 Å². The Bertz CT molecular complexity index is 1580. The van der Waals surface area contributed by atoms with Crippen LogP contribution in [0.2, 0.25) is 0 Å². The molecule has 7 rings (SSSR count). The van der Waals surface area contributed by atoms with Gasteiger partial charge >= 0.3 is 0 Å². The summed E-state index contributed by atoms with van der Waals surface area (Å²) in [5, 5.41) is 2.38. The van der Waals surface area contributed by atoms with Crippen molar-refractivity contribution in [3.63, 3.8) is 0 Å². The van der Waals surface area contributed by atoms with E-state index in [0.717, 1.165) is 37.3 Å². The molecular weight excluding hydrogens is 494 g/mol. The number of rotatable bonds is 3. The minimum absolute atomic E-state index is 0.0722. The van der Waals surface area contributed by atoms with Crippen LogP contribution in [0.25, 0.3) is 12.2 Å². The zero-order valence-corrected chi connectivity index (χ0v) is 24.0. The highest BCUT2D eigenvalue weighted by Crippen LogP contribution is 2.55. The summed E-state index contributed by atoms with van der Waals surface area (Å²) >= 11 is 0. The van der Waals surface area contributed by atoms with Gasteiger partial charge in [0.1, 0.15) is 5.82 Å². The van der Waals surface area contributed by atoms with E-state index in [1.165, 1.54) is 83.8 Å². The second kappa shape index (κ2) is 10.3. The molecule has 0 saturated heterocycles. The van der Waals surface area contributed by atoms with E-state index >= 15 is 0 Å². The first-order valence-electron chi connectivity index (χ1n) is 15.1. The van der Waals surface area contributed by atoms with Crippen LogP contribution in [0.1, 0.15) is 98.4 Å². The highest BCUT2D eigenvalue weighted by molar-refractivity contribution is 7.39. The SMILES string of the molecule is CC1CCCC(c2ccc(C3(C4=CCC=c5ccc6c(c5C=C4)Cc4c(F)cccc4P=6)CC3)cc2)CCC1. The molecule has 0 nitrogen and oxygen atoms in total. The highest BCUT2D eigenvalue weighted by Gasteiger charge is 2.46. The van der Waals surface area contributed by atoms with Crippen molar-refractivity contribution >= 4 is 25.7 Å². The van der Waals surface area contributed by atoms with Crippen LogP contribution in [0.4, 0.5) is 4.39 Å². The minimum atomic E-state index is -0.0722. The third-order valence-electron chi connectivity index (χ3n) is 9.90. The third-order valence-corrected chi connectivity index (χ3v) is 11.2. The van der Waals surface area contributed by atoms with Crippen molar-refractivity contribution in [3.05, 3.63) is 116 Å². The number of hydrogen-bond acceptors (Lipinski definition) is 0. The highest BCUT2D eigenvalue weighted by atomic mass is 31.1. The smallest absolute Gasteiger partial charge is 0.127 e. The first kappa shape index (κ1) is 25.2. The molecular formula is C37H38FP. The molecule has 0 spiro atoms. The Hall–Kier alpha value is -2.76. The summed E-state index contributed by atoms with van der Waals surface area (Å²) in [6, 6.07) is 19.8. The van der Waals surface area contributed by atoms with Crippen molar-refractivity contribution in [1.29, 1.82) is 0 Å². The molecule has 0 unspecified atom stereocenters. The second-order valence-corrected chi connectivity index (χ2v) is 13.6. The van der Waals surface area contributed by atoms with Crippen LogP contribution in [-0.4, -0.2) is 0 Å². The van der Waals surface area contributed by atoms with Gasteiger partial charge in [0.15, 0.2) is 0 Å². The lowest BCUT2D eigenvalue weighted by molar-refractivity contribution is 0.378. The zero-order valence-electron chi connectivity index (χ0n) is 23.1. The van der Waals surface area contributed by atoms with Crippen molar-refractivity contribution < 1.29 is 4.39 Å². The van der Waals surface area contributed by atoms with Gasteiger partial charge in [-0.2, -0.15) is 0 Å². The molecule has 3 aromatic carbocycles. The summed E-state index contributed by atoms with van der Waals surface area (Å²) in [7, 11) is 1.12. The van der Waals surface area contributed by atoms with Crippen molar-refractivity contribution in [2.75, 3.05) is 0 Å². The van der Waals surface area contributed by atoms with Gasteiger partial charge in [0.2, 0.25) is 0 Å². The molecule has 3 aromatic rings. The number of benzene rings is 3. The lowest BCUT2D eigenvalue weighted by Crippen LogP contribution is -2.17. The lowest BCUT2D eigenvalue weighted by atomic mass is 9.81. The van der Waals surface area contributed by atoms with Gasteiger partial charge < -0.3 is 0 Å². The van der Waals surface area contributed by atoms with Crippen LogP contribution >= 0.6 is 8.20 Å². The monoisotopic (exact) mass is 532 g/mol. The molecule has 0 N–H and O–H groups in total. The van der Waals surface area contributed by atoms with E-state index in [2.05, 4.69) is 73.7 Å². The first-order valence-corrected chi connectivity index (χ1v) is 16.0. The second-order valence-electron chi connectivity index (χ2n) is 12.4. The summed E-state index contributed by atoms with van der Waals surface area (Å²) < 4.78 is 14.7.